The highest BCUT2D eigenvalue weighted by Gasteiger charge is 2.11. The lowest BCUT2D eigenvalue weighted by atomic mass is 10.2. The van der Waals surface area contributed by atoms with Crippen LogP contribution in [0.2, 0.25) is 0 Å². The van der Waals surface area contributed by atoms with Crippen LogP contribution in [0.1, 0.15) is 34.6 Å². The molecule has 2 rings (SSSR count). The normalized spacial score (nSPS) is 10.2. The molecule has 2 amide bonds. The van der Waals surface area contributed by atoms with E-state index < -0.39 is 18.5 Å². The Hall–Kier alpha value is -3.35. The molecule has 0 unspecified atom stereocenters. The summed E-state index contributed by atoms with van der Waals surface area (Å²) in [7, 11) is 1.54. The van der Waals surface area contributed by atoms with E-state index in [0.717, 1.165) is 0 Å². The molecule has 2 aromatic carbocycles. The number of carbonyl (C=O) groups excluding carboxylic acids is 3. The maximum atomic E-state index is 12.0. The Labute approximate surface area is 157 Å². The molecular formula is C20H22N2O5. The van der Waals surface area contributed by atoms with Crippen molar-refractivity contribution in [3.63, 3.8) is 0 Å². The summed E-state index contributed by atoms with van der Waals surface area (Å²) >= 11 is 0. The molecule has 0 heterocycles. The molecule has 142 valence electrons. The van der Waals surface area contributed by atoms with Crippen molar-refractivity contribution in [2.75, 3.05) is 19.0 Å². The minimum atomic E-state index is -0.601. The van der Waals surface area contributed by atoms with E-state index in [4.69, 9.17) is 9.47 Å². The fraction of sp³-hybridized carbons (Fsp3) is 0.250. The second-order valence-corrected chi connectivity index (χ2v) is 5.97. The number of hydrogen-bond donors (Lipinski definition) is 2. The topological polar surface area (TPSA) is 93.7 Å². The third-order valence-electron chi connectivity index (χ3n) is 3.45. The van der Waals surface area contributed by atoms with Crippen LogP contribution < -0.4 is 15.4 Å². The lowest BCUT2D eigenvalue weighted by molar-refractivity contribution is -0.119. The first-order valence-corrected chi connectivity index (χ1v) is 8.45. The Morgan fingerprint density at radius 1 is 0.926 bits per heavy atom. The Morgan fingerprint density at radius 2 is 1.52 bits per heavy atom. The number of esters is 1. The van der Waals surface area contributed by atoms with Gasteiger partial charge in [0.25, 0.3) is 11.8 Å². The van der Waals surface area contributed by atoms with Gasteiger partial charge < -0.3 is 20.1 Å². The molecule has 0 bridgehead atoms. The van der Waals surface area contributed by atoms with Gasteiger partial charge >= 0.3 is 5.97 Å². The van der Waals surface area contributed by atoms with Crippen molar-refractivity contribution in [3.8, 4) is 5.75 Å². The van der Waals surface area contributed by atoms with Gasteiger partial charge in [-0.15, -0.1) is 0 Å². The number of hydrogen-bond acceptors (Lipinski definition) is 5. The molecule has 0 saturated heterocycles. The van der Waals surface area contributed by atoms with Crippen molar-refractivity contribution < 1.29 is 23.9 Å². The van der Waals surface area contributed by atoms with Crippen molar-refractivity contribution in [2.24, 2.45) is 0 Å². The number of benzene rings is 2. The average Bonchev–Trinajstić information content (AvgIpc) is 2.66. The first-order valence-electron chi connectivity index (χ1n) is 8.45. The third-order valence-corrected chi connectivity index (χ3v) is 3.45. The minimum Gasteiger partial charge on any atom is -0.491 e. The largest absolute Gasteiger partial charge is 0.491 e. The van der Waals surface area contributed by atoms with Crippen LogP contribution in [0.25, 0.3) is 0 Å². The molecule has 0 radical (unpaired) electrons. The Morgan fingerprint density at radius 3 is 2.07 bits per heavy atom. The van der Waals surface area contributed by atoms with E-state index in [1.807, 2.05) is 13.8 Å². The second-order valence-electron chi connectivity index (χ2n) is 5.97. The van der Waals surface area contributed by atoms with Gasteiger partial charge in [-0.05, 0) is 62.4 Å². The van der Waals surface area contributed by atoms with Crippen LogP contribution in [0.5, 0.6) is 5.75 Å². The van der Waals surface area contributed by atoms with Crippen LogP contribution in [0.4, 0.5) is 5.69 Å². The zero-order chi connectivity index (χ0) is 19.8. The standard InChI is InChI=1S/C20H22N2O5/c1-13(2)27-17-10-6-15(7-11-17)20(25)26-12-18(23)22-16-8-4-14(5-9-16)19(24)21-3/h4-11,13H,12H2,1-3H3,(H,21,24)(H,22,23). The van der Waals surface area contributed by atoms with Crippen LogP contribution in [0, 0.1) is 0 Å². The van der Waals surface area contributed by atoms with Gasteiger partial charge in [-0.1, -0.05) is 0 Å². The molecule has 2 aromatic rings. The number of ether oxygens (including phenoxy) is 2. The summed E-state index contributed by atoms with van der Waals surface area (Å²) in [5.74, 6) is -0.641. The highest BCUT2D eigenvalue weighted by Crippen LogP contribution is 2.14. The van der Waals surface area contributed by atoms with Gasteiger partial charge in [0.15, 0.2) is 6.61 Å². The summed E-state index contributed by atoms with van der Waals surface area (Å²) in [6, 6.07) is 12.9. The number of nitrogens with one attached hydrogen (secondary N) is 2. The predicted octanol–water partition coefficient (Wildman–Crippen LogP) is 2.63. The molecule has 0 spiro atoms. The van der Waals surface area contributed by atoms with Gasteiger partial charge in [-0.2, -0.15) is 0 Å². The number of amides is 2. The fourth-order valence-corrected chi connectivity index (χ4v) is 2.20. The van der Waals surface area contributed by atoms with E-state index in [9.17, 15) is 14.4 Å². The second kappa shape index (κ2) is 9.38. The molecule has 2 N–H and O–H groups in total. The van der Waals surface area contributed by atoms with Crippen molar-refractivity contribution in [2.45, 2.75) is 20.0 Å². The average molecular weight is 370 g/mol. The van der Waals surface area contributed by atoms with Crippen LogP contribution in [0.3, 0.4) is 0 Å². The smallest absolute Gasteiger partial charge is 0.338 e. The molecule has 0 aromatic heterocycles. The summed E-state index contributed by atoms with van der Waals surface area (Å²) in [5, 5.41) is 5.11. The van der Waals surface area contributed by atoms with E-state index in [1.54, 1.807) is 48.5 Å². The van der Waals surface area contributed by atoms with Gasteiger partial charge in [0, 0.05) is 18.3 Å². The van der Waals surface area contributed by atoms with Crippen molar-refractivity contribution >= 4 is 23.5 Å². The van der Waals surface area contributed by atoms with Gasteiger partial charge in [-0.25, -0.2) is 4.79 Å². The molecular weight excluding hydrogens is 348 g/mol. The Kier molecular flexibility index (Phi) is 6.93. The summed E-state index contributed by atoms with van der Waals surface area (Å²) in [6.45, 7) is 3.40. The minimum absolute atomic E-state index is 0.0388. The molecule has 0 aliphatic carbocycles. The number of anilines is 1. The maximum absolute atomic E-state index is 12.0. The van der Waals surface area contributed by atoms with E-state index in [2.05, 4.69) is 10.6 Å². The first kappa shape index (κ1) is 20.0. The number of carbonyl (C=O) groups is 3. The van der Waals surface area contributed by atoms with Gasteiger partial charge in [0.2, 0.25) is 0 Å². The van der Waals surface area contributed by atoms with Gasteiger partial charge in [0.05, 0.1) is 11.7 Å². The van der Waals surface area contributed by atoms with Crippen molar-refractivity contribution in [1.82, 2.24) is 5.32 Å². The molecule has 0 aliphatic heterocycles. The van der Waals surface area contributed by atoms with E-state index in [1.165, 1.54) is 7.05 Å². The van der Waals surface area contributed by atoms with E-state index in [-0.39, 0.29) is 12.0 Å². The SMILES string of the molecule is CNC(=O)c1ccc(NC(=O)COC(=O)c2ccc(OC(C)C)cc2)cc1. The molecule has 0 aliphatic rings. The van der Waals surface area contributed by atoms with E-state index >= 15 is 0 Å². The Bertz CT molecular complexity index is 798. The molecule has 7 nitrogen and oxygen atoms in total. The zero-order valence-corrected chi connectivity index (χ0v) is 15.4. The molecule has 0 atom stereocenters. The predicted molar refractivity (Wildman–Crippen MR) is 101 cm³/mol. The monoisotopic (exact) mass is 370 g/mol. The lowest BCUT2D eigenvalue weighted by Crippen LogP contribution is -2.21. The maximum Gasteiger partial charge on any atom is 0.338 e. The van der Waals surface area contributed by atoms with Crippen LogP contribution >= 0.6 is 0 Å². The summed E-state index contributed by atoms with van der Waals surface area (Å²) in [5.41, 5.74) is 1.31. The Balaban J connectivity index is 1.84. The van der Waals surface area contributed by atoms with Crippen molar-refractivity contribution in [3.05, 3.63) is 59.7 Å². The summed E-state index contributed by atoms with van der Waals surface area (Å²) in [4.78, 5) is 35.4. The summed E-state index contributed by atoms with van der Waals surface area (Å²) in [6.07, 6.45) is 0.0388. The molecule has 27 heavy (non-hydrogen) atoms. The fourth-order valence-electron chi connectivity index (χ4n) is 2.20. The van der Waals surface area contributed by atoms with Crippen LogP contribution in [-0.4, -0.2) is 37.5 Å². The van der Waals surface area contributed by atoms with Crippen molar-refractivity contribution in [1.29, 1.82) is 0 Å². The molecule has 0 fully saturated rings. The third kappa shape index (κ3) is 6.14. The van der Waals surface area contributed by atoms with Gasteiger partial charge in [-0.3, -0.25) is 9.59 Å². The quantitative estimate of drug-likeness (QED) is 0.731. The lowest BCUT2D eigenvalue weighted by Gasteiger charge is -2.10. The first-order chi connectivity index (χ1) is 12.9. The molecule has 7 heteroatoms. The number of rotatable bonds is 7. The highest BCUT2D eigenvalue weighted by atomic mass is 16.5. The van der Waals surface area contributed by atoms with Gasteiger partial charge in [0.1, 0.15) is 5.75 Å². The van der Waals surface area contributed by atoms with Crippen LogP contribution in [0.15, 0.2) is 48.5 Å². The van der Waals surface area contributed by atoms with Crippen LogP contribution in [-0.2, 0) is 9.53 Å². The summed E-state index contributed by atoms with van der Waals surface area (Å²) < 4.78 is 10.5. The van der Waals surface area contributed by atoms with E-state index in [0.29, 0.717) is 22.6 Å². The molecule has 0 saturated carbocycles. The highest BCUT2D eigenvalue weighted by molar-refractivity contribution is 5.97. The zero-order valence-electron chi connectivity index (χ0n) is 15.4.